The van der Waals surface area contributed by atoms with E-state index >= 15 is 0 Å². The molecule has 0 heterocycles. The van der Waals surface area contributed by atoms with Crippen molar-refractivity contribution in [3.63, 3.8) is 0 Å². The van der Waals surface area contributed by atoms with Crippen molar-refractivity contribution in [2.45, 2.75) is 0 Å². The van der Waals surface area contributed by atoms with Crippen LogP contribution in [0.1, 0.15) is 20.7 Å². The topological polar surface area (TPSA) is 101 Å². The standard InChI is InChI=1S/C20H14BrN3O4/c21-18-7-2-1-6-17(18)20(26)22-14-10-8-13(9-11-14)19(25)23-15-4-3-5-16(12-15)24(27)28/h1-12H,(H,22,26)(H,23,25). The van der Waals surface area contributed by atoms with Gasteiger partial charge in [-0.1, -0.05) is 18.2 Å². The van der Waals surface area contributed by atoms with Gasteiger partial charge >= 0.3 is 0 Å². The molecule has 0 radical (unpaired) electrons. The van der Waals surface area contributed by atoms with Gasteiger partial charge in [0.2, 0.25) is 0 Å². The number of nitrogens with one attached hydrogen (secondary N) is 2. The Morgan fingerprint density at radius 2 is 1.50 bits per heavy atom. The fraction of sp³-hybridized carbons (Fsp3) is 0. The van der Waals surface area contributed by atoms with E-state index in [9.17, 15) is 19.7 Å². The van der Waals surface area contributed by atoms with E-state index in [-0.39, 0.29) is 11.6 Å². The molecular weight excluding hydrogens is 426 g/mol. The molecule has 140 valence electrons. The van der Waals surface area contributed by atoms with Crippen molar-refractivity contribution in [3.05, 3.63) is 98.5 Å². The minimum atomic E-state index is -0.530. The van der Waals surface area contributed by atoms with Gasteiger partial charge < -0.3 is 10.6 Å². The van der Waals surface area contributed by atoms with Gasteiger partial charge in [0.1, 0.15) is 0 Å². The predicted octanol–water partition coefficient (Wildman–Crippen LogP) is 4.86. The fourth-order valence-electron chi connectivity index (χ4n) is 2.45. The van der Waals surface area contributed by atoms with Crippen LogP contribution in [0.15, 0.2) is 77.3 Å². The molecule has 2 N–H and O–H groups in total. The van der Waals surface area contributed by atoms with Crippen molar-refractivity contribution in [2.24, 2.45) is 0 Å². The van der Waals surface area contributed by atoms with Gasteiger partial charge in [-0.3, -0.25) is 19.7 Å². The molecule has 3 aromatic carbocycles. The van der Waals surface area contributed by atoms with E-state index in [1.165, 1.54) is 18.2 Å². The average Bonchev–Trinajstić information content (AvgIpc) is 2.69. The van der Waals surface area contributed by atoms with Crippen LogP contribution in [-0.4, -0.2) is 16.7 Å². The zero-order valence-electron chi connectivity index (χ0n) is 14.4. The monoisotopic (exact) mass is 439 g/mol. The number of anilines is 2. The summed E-state index contributed by atoms with van der Waals surface area (Å²) in [6.45, 7) is 0. The minimum absolute atomic E-state index is 0.108. The highest BCUT2D eigenvalue weighted by Gasteiger charge is 2.12. The second-order valence-electron chi connectivity index (χ2n) is 5.77. The van der Waals surface area contributed by atoms with Crippen LogP contribution in [0.25, 0.3) is 0 Å². The Morgan fingerprint density at radius 3 is 2.18 bits per heavy atom. The van der Waals surface area contributed by atoms with E-state index < -0.39 is 10.8 Å². The Morgan fingerprint density at radius 1 is 0.821 bits per heavy atom. The van der Waals surface area contributed by atoms with Crippen LogP contribution in [0.5, 0.6) is 0 Å². The number of rotatable bonds is 5. The normalized spacial score (nSPS) is 10.2. The van der Waals surface area contributed by atoms with Gasteiger partial charge in [0.15, 0.2) is 0 Å². The molecule has 0 fully saturated rings. The van der Waals surface area contributed by atoms with Gasteiger partial charge in [-0.2, -0.15) is 0 Å². The lowest BCUT2D eigenvalue weighted by Gasteiger charge is -2.08. The number of non-ortho nitro benzene ring substituents is 1. The van der Waals surface area contributed by atoms with Crippen LogP contribution in [0.3, 0.4) is 0 Å². The number of halogens is 1. The van der Waals surface area contributed by atoms with Crippen LogP contribution >= 0.6 is 15.9 Å². The zero-order chi connectivity index (χ0) is 20.1. The van der Waals surface area contributed by atoms with Crippen molar-refractivity contribution in [1.82, 2.24) is 0 Å². The molecule has 0 saturated heterocycles. The third-order valence-corrected chi connectivity index (χ3v) is 4.53. The summed E-state index contributed by atoms with van der Waals surface area (Å²) in [7, 11) is 0. The van der Waals surface area contributed by atoms with Gasteiger partial charge in [0.25, 0.3) is 17.5 Å². The van der Waals surface area contributed by atoms with Crippen LogP contribution < -0.4 is 10.6 Å². The van der Waals surface area contributed by atoms with Crippen molar-refractivity contribution in [2.75, 3.05) is 10.6 Å². The number of hydrogen-bond acceptors (Lipinski definition) is 4. The largest absolute Gasteiger partial charge is 0.322 e. The van der Waals surface area contributed by atoms with Crippen LogP contribution in [-0.2, 0) is 0 Å². The number of nitrogens with zero attached hydrogens (tertiary/aromatic N) is 1. The summed E-state index contributed by atoms with van der Waals surface area (Å²) >= 11 is 3.33. The van der Waals surface area contributed by atoms with Crippen molar-refractivity contribution in [1.29, 1.82) is 0 Å². The van der Waals surface area contributed by atoms with E-state index in [1.807, 2.05) is 6.07 Å². The van der Waals surface area contributed by atoms with E-state index in [2.05, 4.69) is 26.6 Å². The molecule has 2 amide bonds. The molecule has 0 aromatic heterocycles. The van der Waals surface area contributed by atoms with Gasteiger partial charge in [-0.15, -0.1) is 0 Å². The lowest BCUT2D eigenvalue weighted by atomic mass is 10.1. The highest BCUT2D eigenvalue weighted by Crippen LogP contribution is 2.20. The van der Waals surface area contributed by atoms with Crippen molar-refractivity contribution in [3.8, 4) is 0 Å². The Hall–Kier alpha value is -3.52. The maximum Gasteiger partial charge on any atom is 0.271 e. The van der Waals surface area contributed by atoms with E-state index in [0.717, 1.165) is 0 Å². The summed E-state index contributed by atoms with van der Waals surface area (Å²) in [5.74, 6) is -0.689. The summed E-state index contributed by atoms with van der Waals surface area (Å²) in [6, 6.07) is 19.1. The summed E-state index contributed by atoms with van der Waals surface area (Å²) < 4.78 is 0.681. The molecule has 0 aliphatic heterocycles. The molecule has 8 heteroatoms. The summed E-state index contributed by atoms with van der Waals surface area (Å²) in [6.07, 6.45) is 0. The number of hydrogen-bond donors (Lipinski definition) is 2. The number of carbonyl (C=O) groups excluding carboxylic acids is 2. The molecule has 3 rings (SSSR count). The molecule has 0 bridgehead atoms. The third kappa shape index (κ3) is 4.60. The first kappa shape index (κ1) is 19.2. The van der Waals surface area contributed by atoms with Gasteiger partial charge in [-0.05, 0) is 58.4 Å². The summed E-state index contributed by atoms with van der Waals surface area (Å²) in [5.41, 5.74) is 1.60. The zero-order valence-corrected chi connectivity index (χ0v) is 16.0. The Labute approximate surface area is 168 Å². The van der Waals surface area contributed by atoms with Crippen LogP contribution in [0, 0.1) is 10.1 Å². The van der Waals surface area contributed by atoms with Gasteiger partial charge in [-0.25, -0.2) is 0 Å². The third-order valence-electron chi connectivity index (χ3n) is 3.84. The number of nitro groups is 1. The Kier molecular flexibility index (Phi) is 5.81. The number of carbonyl (C=O) groups is 2. The minimum Gasteiger partial charge on any atom is -0.322 e. The second-order valence-corrected chi connectivity index (χ2v) is 6.63. The molecule has 3 aromatic rings. The number of amides is 2. The second kappa shape index (κ2) is 8.45. The molecule has 0 spiro atoms. The first-order valence-corrected chi connectivity index (χ1v) is 8.95. The summed E-state index contributed by atoms with van der Waals surface area (Å²) in [5, 5.41) is 16.2. The lowest BCUT2D eigenvalue weighted by Crippen LogP contribution is -2.14. The number of nitro benzene ring substituents is 1. The fourth-order valence-corrected chi connectivity index (χ4v) is 2.91. The molecule has 0 saturated carbocycles. The van der Waals surface area contributed by atoms with Crippen LogP contribution in [0.2, 0.25) is 0 Å². The molecule has 0 aliphatic rings. The maximum absolute atomic E-state index is 12.3. The highest BCUT2D eigenvalue weighted by molar-refractivity contribution is 9.10. The smallest absolute Gasteiger partial charge is 0.271 e. The van der Waals surface area contributed by atoms with E-state index in [1.54, 1.807) is 48.5 Å². The molecule has 0 aliphatic carbocycles. The quantitative estimate of drug-likeness (QED) is 0.437. The van der Waals surface area contributed by atoms with Crippen molar-refractivity contribution < 1.29 is 14.5 Å². The highest BCUT2D eigenvalue weighted by atomic mass is 79.9. The van der Waals surface area contributed by atoms with Gasteiger partial charge in [0, 0.05) is 33.5 Å². The molecule has 0 unspecified atom stereocenters. The van der Waals surface area contributed by atoms with E-state index in [4.69, 9.17) is 0 Å². The molecule has 0 atom stereocenters. The summed E-state index contributed by atoms with van der Waals surface area (Å²) in [4.78, 5) is 34.9. The molecule has 7 nitrogen and oxygen atoms in total. The van der Waals surface area contributed by atoms with E-state index in [0.29, 0.717) is 27.0 Å². The Balaban J connectivity index is 1.68. The predicted molar refractivity (Wildman–Crippen MR) is 110 cm³/mol. The maximum atomic E-state index is 12.3. The van der Waals surface area contributed by atoms with Gasteiger partial charge in [0.05, 0.1) is 10.5 Å². The molecule has 28 heavy (non-hydrogen) atoms. The van der Waals surface area contributed by atoms with Crippen LogP contribution in [0.4, 0.5) is 17.1 Å². The first-order valence-electron chi connectivity index (χ1n) is 8.16. The lowest BCUT2D eigenvalue weighted by molar-refractivity contribution is -0.384. The Bertz CT molecular complexity index is 1050. The van der Waals surface area contributed by atoms with Crippen molar-refractivity contribution >= 4 is 44.8 Å². The first-order chi connectivity index (χ1) is 13.4. The average molecular weight is 440 g/mol. The number of benzene rings is 3. The molecular formula is C20H14BrN3O4. The SMILES string of the molecule is O=C(Nc1cccc([N+](=O)[O-])c1)c1ccc(NC(=O)c2ccccc2Br)cc1.